The van der Waals surface area contributed by atoms with Gasteiger partial charge in [0.15, 0.2) is 0 Å². The van der Waals surface area contributed by atoms with Gasteiger partial charge in [0.05, 0.1) is 15.9 Å². The zero-order chi connectivity index (χ0) is 15.1. The average Bonchev–Trinajstić information content (AvgIpc) is 2.47. The molecule has 2 unspecified atom stereocenters. The summed E-state index contributed by atoms with van der Waals surface area (Å²) >= 11 is 0. The summed E-state index contributed by atoms with van der Waals surface area (Å²) < 4.78 is 32.7. The van der Waals surface area contributed by atoms with Crippen LogP contribution >= 0.6 is 0 Å². The molecule has 2 rings (SSSR count). The van der Waals surface area contributed by atoms with E-state index in [9.17, 15) is 17.8 Å². The summed E-state index contributed by atoms with van der Waals surface area (Å²) in [6.45, 7) is 3.83. The molecule has 7 nitrogen and oxygen atoms in total. The molecule has 0 aromatic carbocycles. The Morgan fingerprint density at radius 3 is 2.21 bits per heavy atom. The number of rotatable bonds is 2. The SMILES string of the molecule is CC1(C)C2CCC1(CS(=O)(=O)[O-])C(=O)C2.NC(N)=[NH2+]. The molecule has 6 N–H and O–H groups in total. The van der Waals surface area contributed by atoms with Gasteiger partial charge in [-0.15, -0.1) is 0 Å². The molecule has 0 saturated heterocycles. The first-order chi connectivity index (χ1) is 8.42. The third-order valence-electron chi connectivity index (χ3n) is 4.56. The zero-order valence-electron chi connectivity index (χ0n) is 11.2. The van der Waals surface area contributed by atoms with Crippen molar-refractivity contribution in [3.63, 3.8) is 0 Å². The van der Waals surface area contributed by atoms with Gasteiger partial charge in [-0.3, -0.25) is 21.7 Å². The standard InChI is InChI=1S/C10H16O4S.CH5N3/c1-9(2)7-3-4-10(9,8(11)5-7)6-15(12,13)14;2-1(3)4/h7H,3-6H2,1-2H3,(H,12,13,14);(H5,2,3,4). The van der Waals surface area contributed by atoms with Gasteiger partial charge in [0.1, 0.15) is 5.78 Å². The normalized spacial score (nSPS) is 31.7. The summed E-state index contributed by atoms with van der Waals surface area (Å²) in [6.07, 6.45) is 1.88. The van der Waals surface area contributed by atoms with Crippen LogP contribution in [-0.2, 0) is 14.9 Å². The van der Waals surface area contributed by atoms with Crippen molar-refractivity contribution in [1.82, 2.24) is 0 Å². The van der Waals surface area contributed by atoms with E-state index in [1.165, 1.54) is 0 Å². The topological polar surface area (TPSA) is 152 Å². The maximum Gasteiger partial charge on any atom is 0.336 e. The second kappa shape index (κ2) is 4.75. The van der Waals surface area contributed by atoms with Gasteiger partial charge >= 0.3 is 5.96 Å². The van der Waals surface area contributed by atoms with Crippen molar-refractivity contribution in [3.05, 3.63) is 0 Å². The lowest BCUT2D eigenvalue weighted by atomic mass is 9.70. The molecule has 0 heterocycles. The molecule has 0 aromatic heterocycles. The lowest BCUT2D eigenvalue weighted by molar-refractivity contribution is -0.128. The first-order valence-electron chi connectivity index (χ1n) is 6.02. The number of carbonyl (C=O) groups is 1. The Balaban J connectivity index is 0.000000399. The fraction of sp³-hybridized carbons (Fsp3) is 0.818. The monoisotopic (exact) mass is 291 g/mol. The van der Waals surface area contributed by atoms with E-state index in [4.69, 9.17) is 0 Å². The van der Waals surface area contributed by atoms with Crippen LogP contribution in [0.4, 0.5) is 0 Å². The fourth-order valence-electron chi connectivity index (χ4n) is 3.41. The van der Waals surface area contributed by atoms with Crippen LogP contribution in [0.2, 0.25) is 0 Å². The number of ketones is 1. The molecule has 0 spiro atoms. The highest BCUT2D eigenvalue weighted by molar-refractivity contribution is 7.85. The molecule has 19 heavy (non-hydrogen) atoms. The third-order valence-corrected chi connectivity index (χ3v) is 5.41. The van der Waals surface area contributed by atoms with Crippen LogP contribution < -0.4 is 16.9 Å². The van der Waals surface area contributed by atoms with Crippen LogP contribution in [0.25, 0.3) is 0 Å². The predicted molar refractivity (Wildman–Crippen MR) is 68.4 cm³/mol. The number of hydrogen-bond acceptors (Lipinski definition) is 4. The van der Waals surface area contributed by atoms with Crippen molar-refractivity contribution in [3.8, 4) is 0 Å². The van der Waals surface area contributed by atoms with E-state index in [0.29, 0.717) is 12.8 Å². The second-order valence-corrected chi connectivity index (χ2v) is 7.27. The van der Waals surface area contributed by atoms with Gasteiger partial charge in [-0.05, 0) is 24.2 Å². The number of guanidine groups is 1. The summed E-state index contributed by atoms with van der Waals surface area (Å²) in [4.78, 5) is 11.8. The Hall–Kier alpha value is -1.15. The number of Topliss-reactive ketones (excluding diaryl/α,β-unsaturated/α-hetero) is 1. The van der Waals surface area contributed by atoms with Gasteiger partial charge in [-0.1, -0.05) is 13.8 Å². The molecule has 0 aromatic rings. The third kappa shape index (κ3) is 2.89. The molecule has 2 fully saturated rings. The molecule has 0 aliphatic heterocycles. The van der Waals surface area contributed by atoms with Crippen molar-refractivity contribution < 1.29 is 23.2 Å². The average molecular weight is 291 g/mol. The number of fused-ring (bicyclic) bond motifs is 2. The summed E-state index contributed by atoms with van der Waals surface area (Å²) in [5.41, 5.74) is 7.94. The zero-order valence-corrected chi connectivity index (χ0v) is 12.0. The molecule has 2 aliphatic carbocycles. The molecule has 110 valence electrons. The van der Waals surface area contributed by atoms with E-state index in [0.717, 1.165) is 6.42 Å². The summed E-state index contributed by atoms with van der Waals surface area (Å²) in [7, 11) is -4.33. The molecule has 0 radical (unpaired) electrons. The summed E-state index contributed by atoms with van der Waals surface area (Å²) in [5.74, 6) is -0.363. The Bertz CT molecular complexity index is 496. The van der Waals surface area contributed by atoms with Gasteiger partial charge in [-0.25, -0.2) is 8.42 Å². The van der Waals surface area contributed by atoms with Crippen molar-refractivity contribution in [1.29, 1.82) is 0 Å². The summed E-state index contributed by atoms with van der Waals surface area (Å²) in [5, 5.41) is 4.58. The van der Waals surface area contributed by atoms with Crippen molar-refractivity contribution in [2.24, 2.45) is 28.2 Å². The van der Waals surface area contributed by atoms with Crippen LogP contribution in [0.5, 0.6) is 0 Å². The lowest BCUT2D eigenvalue weighted by Crippen LogP contribution is -2.51. The molecule has 2 bridgehead atoms. The van der Waals surface area contributed by atoms with Crippen LogP contribution in [0.1, 0.15) is 33.1 Å². The molecule has 2 atom stereocenters. The van der Waals surface area contributed by atoms with E-state index in [1.807, 2.05) is 13.8 Å². The highest BCUT2D eigenvalue weighted by Crippen LogP contribution is 2.64. The Morgan fingerprint density at radius 1 is 1.47 bits per heavy atom. The quantitative estimate of drug-likeness (QED) is 0.302. The van der Waals surface area contributed by atoms with Gasteiger partial charge in [0.25, 0.3) is 0 Å². The van der Waals surface area contributed by atoms with E-state index in [-0.39, 0.29) is 23.1 Å². The minimum Gasteiger partial charge on any atom is -0.748 e. The molecule has 2 saturated carbocycles. The smallest absolute Gasteiger partial charge is 0.336 e. The van der Waals surface area contributed by atoms with Gasteiger partial charge < -0.3 is 4.55 Å². The molecule has 2 aliphatic rings. The van der Waals surface area contributed by atoms with Gasteiger partial charge in [0, 0.05) is 11.8 Å². The summed E-state index contributed by atoms with van der Waals surface area (Å²) in [6, 6.07) is 0. The highest BCUT2D eigenvalue weighted by Gasteiger charge is 2.64. The largest absolute Gasteiger partial charge is 0.748 e. The Morgan fingerprint density at radius 2 is 1.95 bits per heavy atom. The molecule has 0 amide bonds. The Kier molecular flexibility index (Phi) is 3.98. The predicted octanol–water partition coefficient (Wildman–Crippen LogP) is -2.05. The Labute approximate surface area is 113 Å². The maximum atomic E-state index is 11.8. The number of nitrogens with two attached hydrogens (primary N) is 3. The van der Waals surface area contributed by atoms with Crippen molar-refractivity contribution in [2.45, 2.75) is 33.1 Å². The van der Waals surface area contributed by atoms with Crippen molar-refractivity contribution in [2.75, 3.05) is 5.75 Å². The maximum absolute atomic E-state index is 11.8. The van der Waals surface area contributed by atoms with Gasteiger partial charge in [0.2, 0.25) is 0 Å². The van der Waals surface area contributed by atoms with Crippen LogP contribution in [0.15, 0.2) is 0 Å². The first-order valence-corrected chi connectivity index (χ1v) is 7.60. The van der Waals surface area contributed by atoms with Gasteiger partial charge in [-0.2, -0.15) is 0 Å². The fourth-order valence-corrected chi connectivity index (χ4v) is 4.69. The van der Waals surface area contributed by atoms with E-state index < -0.39 is 21.3 Å². The number of carbonyl (C=O) groups excluding carboxylic acids is 1. The molecule has 8 heteroatoms. The van der Waals surface area contributed by atoms with Crippen molar-refractivity contribution >= 4 is 21.9 Å². The highest BCUT2D eigenvalue weighted by atomic mass is 32.2. The second-order valence-electron chi connectivity index (χ2n) is 5.87. The lowest BCUT2D eigenvalue weighted by Gasteiger charge is -2.37. The molecular formula is C11H21N3O4S. The van der Waals surface area contributed by atoms with E-state index in [2.05, 4.69) is 16.9 Å². The van der Waals surface area contributed by atoms with Crippen LogP contribution in [0, 0.1) is 16.7 Å². The minimum absolute atomic E-state index is 0.0248. The molecular weight excluding hydrogens is 270 g/mol. The first kappa shape index (κ1) is 15.9. The van der Waals surface area contributed by atoms with E-state index in [1.54, 1.807) is 0 Å². The van der Waals surface area contributed by atoms with E-state index >= 15 is 0 Å². The minimum atomic E-state index is -4.33. The number of hydrogen-bond donors (Lipinski definition) is 3. The van der Waals surface area contributed by atoms with Crippen LogP contribution in [0.3, 0.4) is 0 Å². The van der Waals surface area contributed by atoms with Crippen LogP contribution in [-0.4, -0.2) is 30.5 Å².